The Kier molecular flexibility index (Phi) is 6.57. The zero-order chi connectivity index (χ0) is 21.0. The molecule has 0 radical (unpaired) electrons. The summed E-state index contributed by atoms with van der Waals surface area (Å²) in [6, 6.07) is 13.8. The summed E-state index contributed by atoms with van der Waals surface area (Å²) in [6.07, 6.45) is 1.30. The highest BCUT2D eigenvalue weighted by Crippen LogP contribution is 2.40. The first-order valence-corrected chi connectivity index (χ1v) is 10.2. The number of aryl methyl sites for hydroxylation is 1. The van der Waals surface area contributed by atoms with E-state index >= 15 is 0 Å². The minimum atomic E-state index is -0.249. The summed E-state index contributed by atoms with van der Waals surface area (Å²) in [5.41, 5.74) is 4.11. The van der Waals surface area contributed by atoms with Crippen molar-refractivity contribution >= 4 is 17.5 Å². The molecule has 154 valence electrons. The van der Waals surface area contributed by atoms with Crippen LogP contribution in [0.3, 0.4) is 0 Å². The molecule has 2 aromatic rings. The van der Waals surface area contributed by atoms with Crippen LogP contribution >= 0.6 is 0 Å². The zero-order valence-electron chi connectivity index (χ0n) is 17.6. The van der Waals surface area contributed by atoms with Crippen molar-refractivity contribution in [2.75, 3.05) is 19.0 Å². The highest BCUT2D eigenvalue weighted by molar-refractivity contribution is 6.00. The van der Waals surface area contributed by atoms with E-state index in [1.165, 1.54) is 0 Å². The maximum atomic E-state index is 12.7. The Morgan fingerprint density at radius 2 is 1.79 bits per heavy atom. The smallest absolute Gasteiger partial charge is 0.228 e. The van der Waals surface area contributed by atoms with Gasteiger partial charge in [0.15, 0.2) is 0 Å². The molecule has 0 spiro atoms. The van der Waals surface area contributed by atoms with E-state index in [9.17, 15) is 9.59 Å². The van der Waals surface area contributed by atoms with E-state index in [4.69, 9.17) is 4.74 Å². The van der Waals surface area contributed by atoms with E-state index in [1.807, 2.05) is 49.4 Å². The van der Waals surface area contributed by atoms with Crippen LogP contribution in [0.4, 0.5) is 5.69 Å². The number of anilines is 1. The largest absolute Gasteiger partial charge is 0.496 e. The van der Waals surface area contributed by atoms with Crippen molar-refractivity contribution in [3.05, 3.63) is 59.2 Å². The molecule has 5 heteroatoms. The summed E-state index contributed by atoms with van der Waals surface area (Å²) < 4.78 is 5.34. The highest BCUT2D eigenvalue weighted by atomic mass is 16.5. The molecule has 2 unspecified atom stereocenters. The topological polar surface area (TPSA) is 67.4 Å². The van der Waals surface area contributed by atoms with E-state index < -0.39 is 0 Å². The third-order valence-corrected chi connectivity index (χ3v) is 5.53. The number of benzene rings is 2. The number of hydrogen-bond acceptors (Lipinski definition) is 3. The molecule has 2 aromatic carbocycles. The Balaban J connectivity index is 1.52. The molecule has 2 atom stereocenters. The highest BCUT2D eigenvalue weighted by Gasteiger charge is 2.48. The van der Waals surface area contributed by atoms with E-state index in [-0.39, 0.29) is 23.7 Å². The lowest BCUT2D eigenvalue weighted by atomic mass is 9.98. The molecule has 0 aliphatic heterocycles. The maximum absolute atomic E-state index is 12.7. The van der Waals surface area contributed by atoms with Gasteiger partial charge in [-0.15, -0.1) is 0 Å². The molecule has 2 N–H and O–H groups in total. The van der Waals surface area contributed by atoms with E-state index in [2.05, 4.69) is 24.5 Å². The van der Waals surface area contributed by atoms with Crippen LogP contribution < -0.4 is 15.4 Å². The van der Waals surface area contributed by atoms with Gasteiger partial charge < -0.3 is 15.4 Å². The number of rotatable bonds is 8. The Morgan fingerprint density at radius 1 is 1.07 bits per heavy atom. The SMILES string of the molecule is COc1ccccc1CCNC(=O)C1CC1C(=O)Nc1c(C)cccc1C(C)C. The number of para-hydroxylation sites is 2. The average Bonchev–Trinajstić information content (AvgIpc) is 3.50. The summed E-state index contributed by atoms with van der Waals surface area (Å²) >= 11 is 0. The second kappa shape index (κ2) is 9.12. The lowest BCUT2D eigenvalue weighted by Gasteiger charge is -2.16. The van der Waals surface area contributed by atoms with Crippen molar-refractivity contribution in [1.82, 2.24) is 5.32 Å². The minimum absolute atomic E-state index is 0.0473. The van der Waals surface area contributed by atoms with Crippen molar-refractivity contribution in [3.8, 4) is 5.75 Å². The van der Waals surface area contributed by atoms with Gasteiger partial charge >= 0.3 is 0 Å². The predicted molar refractivity (Wildman–Crippen MR) is 115 cm³/mol. The monoisotopic (exact) mass is 394 g/mol. The van der Waals surface area contributed by atoms with E-state index in [1.54, 1.807) is 7.11 Å². The van der Waals surface area contributed by atoms with Gasteiger partial charge in [-0.05, 0) is 48.4 Å². The molecule has 1 aliphatic carbocycles. The molecule has 3 rings (SSSR count). The number of amides is 2. The van der Waals surface area contributed by atoms with Crippen molar-refractivity contribution < 1.29 is 14.3 Å². The van der Waals surface area contributed by atoms with Gasteiger partial charge in [-0.2, -0.15) is 0 Å². The second-order valence-electron chi connectivity index (χ2n) is 7.98. The number of hydrogen-bond donors (Lipinski definition) is 2. The molecule has 5 nitrogen and oxygen atoms in total. The molecule has 0 heterocycles. The summed E-state index contributed by atoms with van der Waals surface area (Å²) in [4.78, 5) is 25.1. The molecule has 0 bridgehead atoms. The van der Waals surface area contributed by atoms with E-state index in [0.29, 0.717) is 25.3 Å². The summed E-state index contributed by atoms with van der Waals surface area (Å²) in [7, 11) is 1.64. The molecular formula is C24H30N2O3. The fourth-order valence-corrected chi connectivity index (χ4v) is 3.69. The number of ether oxygens (including phenoxy) is 1. The molecule has 0 aromatic heterocycles. The lowest BCUT2D eigenvalue weighted by Crippen LogP contribution is -2.29. The van der Waals surface area contributed by atoms with Crippen molar-refractivity contribution in [2.24, 2.45) is 11.8 Å². The number of nitrogens with one attached hydrogen (secondary N) is 2. The van der Waals surface area contributed by atoms with Crippen LogP contribution in [0.1, 0.15) is 42.9 Å². The molecule has 29 heavy (non-hydrogen) atoms. The maximum Gasteiger partial charge on any atom is 0.228 e. The first-order chi connectivity index (χ1) is 13.9. The van der Waals surface area contributed by atoms with Gasteiger partial charge in [-0.1, -0.05) is 50.2 Å². The van der Waals surface area contributed by atoms with Crippen LogP contribution in [0.25, 0.3) is 0 Å². The Hall–Kier alpha value is -2.82. The van der Waals surface area contributed by atoms with Gasteiger partial charge in [0.1, 0.15) is 5.75 Å². The molecule has 1 saturated carbocycles. The van der Waals surface area contributed by atoms with Crippen molar-refractivity contribution in [2.45, 2.75) is 39.5 Å². The Labute approximate surface area is 172 Å². The minimum Gasteiger partial charge on any atom is -0.496 e. The first-order valence-electron chi connectivity index (χ1n) is 10.2. The predicted octanol–water partition coefficient (Wildman–Crippen LogP) is 4.06. The molecular weight excluding hydrogens is 364 g/mol. The fourth-order valence-electron chi connectivity index (χ4n) is 3.69. The lowest BCUT2D eigenvalue weighted by molar-refractivity contribution is -0.125. The van der Waals surface area contributed by atoms with Crippen LogP contribution in [0, 0.1) is 18.8 Å². The summed E-state index contributed by atoms with van der Waals surface area (Å²) in [5.74, 6) is 0.545. The first kappa shape index (κ1) is 20.9. The van der Waals surface area contributed by atoms with Gasteiger partial charge in [-0.25, -0.2) is 0 Å². The third kappa shape index (κ3) is 4.97. The van der Waals surface area contributed by atoms with Gasteiger partial charge in [0.25, 0.3) is 0 Å². The fraction of sp³-hybridized carbons (Fsp3) is 0.417. The molecule has 1 fully saturated rings. The van der Waals surface area contributed by atoms with Gasteiger partial charge in [0.05, 0.1) is 18.9 Å². The Bertz CT molecular complexity index is 891. The van der Waals surface area contributed by atoms with Crippen LogP contribution in [0.15, 0.2) is 42.5 Å². The van der Waals surface area contributed by atoms with Gasteiger partial charge in [0, 0.05) is 12.2 Å². The van der Waals surface area contributed by atoms with E-state index in [0.717, 1.165) is 28.1 Å². The second-order valence-corrected chi connectivity index (χ2v) is 7.98. The third-order valence-electron chi connectivity index (χ3n) is 5.53. The number of carbonyl (C=O) groups excluding carboxylic acids is 2. The Morgan fingerprint density at radius 3 is 2.52 bits per heavy atom. The quantitative estimate of drug-likeness (QED) is 0.709. The number of carbonyl (C=O) groups is 2. The molecule has 2 amide bonds. The number of methoxy groups -OCH3 is 1. The van der Waals surface area contributed by atoms with Crippen LogP contribution in [0.5, 0.6) is 5.75 Å². The van der Waals surface area contributed by atoms with Crippen molar-refractivity contribution in [3.63, 3.8) is 0 Å². The summed E-state index contributed by atoms with van der Waals surface area (Å²) in [6.45, 7) is 6.74. The van der Waals surface area contributed by atoms with Crippen LogP contribution in [-0.2, 0) is 16.0 Å². The van der Waals surface area contributed by atoms with Crippen LogP contribution in [0.2, 0.25) is 0 Å². The standard InChI is InChI=1S/C24H30N2O3/c1-15(2)18-10-7-8-16(3)22(18)26-24(28)20-14-19(20)23(27)25-13-12-17-9-5-6-11-21(17)29-4/h5-11,15,19-20H,12-14H2,1-4H3,(H,25,27)(H,26,28). The zero-order valence-corrected chi connectivity index (χ0v) is 17.6. The normalized spacial score (nSPS) is 17.7. The molecule has 1 aliphatic rings. The summed E-state index contributed by atoms with van der Waals surface area (Å²) in [5, 5.41) is 6.03. The van der Waals surface area contributed by atoms with Crippen molar-refractivity contribution in [1.29, 1.82) is 0 Å². The van der Waals surface area contributed by atoms with Crippen LogP contribution in [-0.4, -0.2) is 25.5 Å². The van der Waals surface area contributed by atoms with Gasteiger partial charge in [0.2, 0.25) is 11.8 Å². The van der Waals surface area contributed by atoms with Gasteiger partial charge in [-0.3, -0.25) is 9.59 Å². The molecule has 0 saturated heterocycles. The average molecular weight is 395 g/mol.